The zero-order valence-corrected chi connectivity index (χ0v) is 20.4. The molecule has 1 aromatic heterocycles. The Hall–Kier alpha value is -1.19. The molecule has 0 spiro atoms. The molecule has 1 aliphatic rings. The van der Waals surface area contributed by atoms with Crippen LogP contribution in [0.4, 0.5) is 4.39 Å². The average molecular weight is 530 g/mol. The number of aliphatic imine (C=N–C) groups is 1. The normalized spacial score (nSPS) is 20.2. The molecule has 0 amide bonds. The van der Waals surface area contributed by atoms with Gasteiger partial charge in [0.25, 0.3) is 0 Å². The van der Waals surface area contributed by atoms with Crippen LogP contribution in [0.5, 0.6) is 0 Å². The smallest absolute Gasteiger partial charge is 0.190 e. The number of halogens is 2. The predicted molar refractivity (Wildman–Crippen MR) is 132 cm³/mol. The summed E-state index contributed by atoms with van der Waals surface area (Å²) in [7, 11) is 4.04. The number of rotatable bonds is 7. The van der Waals surface area contributed by atoms with E-state index in [0.717, 1.165) is 44.0 Å². The Labute approximate surface area is 195 Å². The van der Waals surface area contributed by atoms with Crippen molar-refractivity contribution >= 4 is 41.3 Å². The van der Waals surface area contributed by atoms with Gasteiger partial charge in [0.1, 0.15) is 5.82 Å². The highest BCUT2D eigenvalue weighted by Gasteiger charge is 2.31. The highest BCUT2D eigenvalue weighted by Crippen LogP contribution is 2.36. The van der Waals surface area contributed by atoms with Gasteiger partial charge in [0.05, 0.1) is 0 Å². The van der Waals surface area contributed by atoms with Gasteiger partial charge >= 0.3 is 0 Å². The number of thiophene rings is 1. The number of likely N-dealkylation sites (tertiary alicyclic amines) is 1. The summed E-state index contributed by atoms with van der Waals surface area (Å²) in [5, 5.41) is 9.07. The van der Waals surface area contributed by atoms with Gasteiger partial charge in [0.15, 0.2) is 5.96 Å². The molecule has 1 aliphatic heterocycles. The van der Waals surface area contributed by atoms with E-state index in [0.29, 0.717) is 12.0 Å². The standard InChI is InChI=1S/C22H31FN4S.HI/c1-24-22(25-12-4-8-17-7-3-10-19(23)15-17)26-16-18-9-5-13-27(2)21(18)20-11-6-14-28-20;/h3,6-7,10-11,14-15,18,21H,4-5,8-9,12-13,16H2,1-2H3,(H2,24,25,26);1H. The van der Waals surface area contributed by atoms with Gasteiger partial charge in [0, 0.05) is 31.1 Å². The van der Waals surface area contributed by atoms with Gasteiger partial charge in [-0.2, -0.15) is 0 Å². The molecule has 160 valence electrons. The minimum Gasteiger partial charge on any atom is -0.356 e. The molecule has 3 rings (SSSR count). The molecule has 1 fully saturated rings. The van der Waals surface area contributed by atoms with Crippen molar-refractivity contribution in [2.24, 2.45) is 10.9 Å². The van der Waals surface area contributed by atoms with E-state index in [1.807, 2.05) is 24.5 Å². The lowest BCUT2D eigenvalue weighted by Gasteiger charge is -2.39. The molecule has 2 unspecified atom stereocenters. The second kappa shape index (κ2) is 12.5. The lowest BCUT2D eigenvalue weighted by molar-refractivity contribution is 0.125. The monoisotopic (exact) mass is 530 g/mol. The lowest BCUT2D eigenvalue weighted by atomic mass is 9.88. The summed E-state index contributed by atoms with van der Waals surface area (Å²) >= 11 is 1.85. The van der Waals surface area contributed by atoms with Crippen LogP contribution in [-0.4, -0.2) is 44.6 Å². The fraction of sp³-hybridized carbons (Fsp3) is 0.500. The van der Waals surface area contributed by atoms with Crippen LogP contribution in [0, 0.1) is 11.7 Å². The first-order chi connectivity index (χ1) is 13.7. The number of aryl methyl sites for hydroxylation is 1. The highest BCUT2D eigenvalue weighted by atomic mass is 127. The van der Waals surface area contributed by atoms with Crippen LogP contribution in [0.1, 0.15) is 35.7 Å². The summed E-state index contributed by atoms with van der Waals surface area (Å²) < 4.78 is 13.2. The third kappa shape index (κ3) is 7.22. The minimum atomic E-state index is -0.166. The molecule has 29 heavy (non-hydrogen) atoms. The zero-order valence-electron chi connectivity index (χ0n) is 17.2. The molecule has 1 saturated heterocycles. The van der Waals surface area contributed by atoms with Gasteiger partial charge in [-0.3, -0.25) is 9.89 Å². The van der Waals surface area contributed by atoms with Crippen molar-refractivity contribution in [3.05, 3.63) is 58.0 Å². The molecule has 2 heterocycles. The number of benzene rings is 1. The third-order valence-electron chi connectivity index (χ3n) is 5.42. The SMILES string of the molecule is CN=C(NCCCc1cccc(F)c1)NCC1CCCN(C)C1c1cccs1.I. The second-order valence-corrected chi connectivity index (χ2v) is 8.44. The molecule has 7 heteroatoms. The van der Waals surface area contributed by atoms with Gasteiger partial charge in [0.2, 0.25) is 0 Å². The van der Waals surface area contributed by atoms with Gasteiger partial charge in [-0.1, -0.05) is 18.2 Å². The Morgan fingerprint density at radius 2 is 2.14 bits per heavy atom. The van der Waals surface area contributed by atoms with Crippen molar-refractivity contribution in [1.29, 1.82) is 0 Å². The Bertz CT molecular complexity index is 753. The molecule has 2 aromatic rings. The number of guanidine groups is 1. The Morgan fingerprint density at radius 3 is 2.86 bits per heavy atom. The average Bonchev–Trinajstić information content (AvgIpc) is 3.22. The van der Waals surface area contributed by atoms with E-state index < -0.39 is 0 Å². The number of hydrogen-bond donors (Lipinski definition) is 2. The maximum Gasteiger partial charge on any atom is 0.190 e. The maximum absolute atomic E-state index is 13.2. The summed E-state index contributed by atoms with van der Waals surface area (Å²) in [6.45, 7) is 2.89. The van der Waals surface area contributed by atoms with E-state index >= 15 is 0 Å². The van der Waals surface area contributed by atoms with Gasteiger partial charge in [-0.05, 0) is 74.3 Å². The quantitative estimate of drug-likeness (QED) is 0.236. The summed E-state index contributed by atoms with van der Waals surface area (Å²) in [5.41, 5.74) is 1.04. The van der Waals surface area contributed by atoms with E-state index in [4.69, 9.17) is 0 Å². The Kier molecular flexibility index (Phi) is 10.4. The van der Waals surface area contributed by atoms with E-state index in [1.54, 1.807) is 12.1 Å². The van der Waals surface area contributed by atoms with Crippen LogP contribution < -0.4 is 10.6 Å². The van der Waals surface area contributed by atoms with Crippen molar-refractivity contribution in [2.45, 2.75) is 31.7 Å². The van der Waals surface area contributed by atoms with Crippen LogP contribution in [-0.2, 0) is 6.42 Å². The molecule has 4 nitrogen and oxygen atoms in total. The van der Waals surface area contributed by atoms with Gasteiger partial charge in [-0.25, -0.2) is 4.39 Å². The molecule has 0 radical (unpaired) electrons. The first kappa shape index (κ1) is 24.1. The van der Waals surface area contributed by atoms with Crippen molar-refractivity contribution in [1.82, 2.24) is 15.5 Å². The molecule has 0 bridgehead atoms. The molecule has 1 aromatic carbocycles. The summed E-state index contributed by atoms with van der Waals surface area (Å²) in [5.74, 6) is 1.25. The van der Waals surface area contributed by atoms with Gasteiger partial charge in [-0.15, -0.1) is 35.3 Å². The molecular formula is C22H32FIN4S. The van der Waals surface area contributed by atoms with E-state index in [2.05, 4.69) is 45.1 Å². The van der Waals surface area contributed by atoms with Crippen molar-refractivity contribution < 1.29 is 4.39 Å². The molecule has 2 atom stereocenters. The lowest BCUT2D eigenvalue weighted by Crippen LogP contribution is -2.45. The molecular weight excluding hydrogens is 498 g/mol. The van der Waals surface area contributed by atoms with Crippen LogP contribution in [0.15, 0.2) is 46.8 Å². The number of nitrogens with one attached hydrogen (secondary N) is 2. The Morgan fingerprint density at radius 1 is 1.28 bits per heavy atom. The van der Waals surface area contributed by atoms with Crippen molar-refractivity contribution in [2.75, 3.05) is 33.7 Å². The largest absolute Gasteiger partial charge is 0.356 e. The first-order valence-corrected chi connectivity index (χ1v) is 11.0. The molecule has 0 saturated carbocycles. The zero-order chi connectivity index (χ0) is 19.8. The number of nitrogens with zero attached hydrogens (tertiary/aromatic N) is 2. The first-order valence-electron chi connectivity index (χ1n) is 10.1. The molecule has 2 N–H and O–H groups in total. The summed E-state index contributed by atoms with van der Waals surface area (Å²) in [6.07, 6.45) is 4.27. The minimum absolute atomic E-state index is 0. The fourth-order valence-corrected chi connectivity index (χ4v) is 5.01. The second-order valence-electron chi connectivity index (χ2n) is 7.46. The topological polar surface area (TPSA) is 39.7 Å². The van der Waals surface area contributed by atoms with Crippen LogP contribution in [0.25, 0.3) is 0 Å². The highest BCUT2D eigenvalue weighted by molar-refractivity contribution is 14.0. The van der Waals surface area contributed by atoms with Crippen LogP contribution in [0.3, 0.4) is 0 Å². The van der Waals surface area contributed by atoms with E-state index in [1.165, 1.54) is 23.8 Å². The number of hydrogen-bond acceptors (Lipinski definition) is 3. The predicted octanol–water partition coefficient (Wildman–Crippen LogP) is 4.69. The summed E-state index contributed by atoms with van der Waals surface area (Å²) in [6, 6.07) is 11.7. The van der Waals surface area contributed by atoms with Gasteiger partial charge < -0.3 is 10.6 Å². The third-order valence-corrected chi connectivity index (χ3v) is 6.36. The van der Waals surface area contributed by atoms with Crippen LogP contribution >= 0.6 is 35.3 Å². The van der Waals surface area contributed by atoms with E-state index in [-0.39, 0.29) is 29.8 Å². The van der Waals surface area contributed by atoms with Crippen LogP contribution in [0.2, 0.25) is 0 Å². The summed E-state index contributed by atoms with van der Waals surface area (Å²) in [4.78, 5) is 8.30. The number of piperidine rings is 1. The van der Waals surface area contributed by atoms with Crippen molar-refractivity contribution in [3.63, 3.8) is 0 Å². The van der Waals surface area contributed by atoms with E-state index in [9.17, 15) is 4.39 Å². The molecule has 0 aliphatic carbocycles. The Balaban J connectivity index is 0.00000300. The van der Waals surface area contributed by atoms with Crippen molar-refractivity contribution in [3.8, 4) is 0 Å². The fourth-order valence-electron chi connectivity index (χ4n) is 4.02. The maximum atomic E-state index is 13.2.